The van der Waals surface area contributed by atoms with E-state index in [-0.39, 0.29) is 0 Å². The van der Waals surface area contributed by atoms with Crippen LogP contribution >= 0.6 is 0 Å². The third kappa shape index (κ3) is 1.96. The molecule has 1 heterocycles. The third-order valence-corrected chi connectivity index (χ3v) is 3.42. The Bertz CT molecular complexity index is 401. The van der Waals surface area contributed by atoms with Crippen LogP contribution in [0.5, 0.6) is 0 Å². The predicted molar refractivity (Wildman–Crippen MR) is 65.3 cm³/mol. The highest BCUT2D eigenvalue weighted by atomic mass is 16.6. The molecule has 1 nitrogen and oxygen atoms in total. The molecular formula is C15H16O. The first-order valence-corrected chi connectivity index (χ1v) is 5.95. The van der Waals surface area contributed by atoms with Gasteiger partial charge >= 0.3 is 0 Å². The van der Waals surface area contributed by atoms with Crippen molar-refractivity contribution >= 4 is 0 Å². The van der Waals surface area contributed by atoms with E-state index in [2.05, 4.69) is 54.6 Å². The second-order valence-corrected chi connectivity index (χ2v) is 4.52. The number of hydrogen-bond acceptors (Lipinski definition) is 1. The molecule has 3 rings (SSSR count). The summed E-state index contributed by atoms with van der Waals surface area (Å²) in [6, 6.07) is 10.8. The number of hydrogen-bond donors (Lipinski definition) is 0. The number of ether oxygens (including phenoxy) is 1. The number of rotatable bonds is 3. The fraction of sp³-hybridized carbons (Fsp3) is 0.333. The highest BCUT2D eigenvalue weighted by molar-refractivity contribution is 5.27. The molecule has 2 aliphatic rings. The van der Waals surface area contributed by atoms with Crippen LogP contribution in [0.3, 0.4) is 0 Å². The molecule has 16 heavy (non-hydrogen) atoms. The largest absolute Gasteiger partial charge is 0.372 e. The molecule has 1 fully saturated rings. The second-order valence-electron chi connectivity index (χ2n) is 4.52. The maximum atomic E-state index is 5.52. The minimum atomic E-state index is 0.434. The quantitative estimate of drug-likeness (QED) is 0.700. The van der Waals surface area contributed by atoms with Crippen molar-refractivity contribution in [1.29, 1.82) is 0 Å². The molecule has 82 valence electrons. The van der Waals surface area contributed by atoms with Crippen molar-refractivity contribution in [2.24, 2.45) is 5.92 Å². The van der Waals surface area contributed by atoms with Crippen LogP contribution in [0, 0.1) is 5.92 Å². The molecule has 1 aromatic rings. The molecule has 1 aliphatic carbocycles. The topological polar surface area (TPSA) is 12.5 Å². The zero-order valence-electron chi connectivity index (χ0n) is 9.25. The number of benzene rings is 1. The van der Waals surface area contributed by atoms with E-state index < -0.39 is 0 Å². The summed E-state index contributed by atoms with van der Waals surface area (Å²) >= 11 is 0. The lowest BCUT2D eigenvalue weighted by atomic mass is 9.80. The van der Waals surface area contributed by atoms with E-state index in [9.17, 15) is 0 Å². The van der Waals surface area contributed by atoms with Crippen LogP contribution in [0.2, 0.25) is 0 Å². The fourth-order valence-electron chi connectivity index (χ4n) is 2.54. The van der Waals surface area contributed by atoms with Gasteiger partial charge in [0.05, 0.1) is 12.7 Å². The van der Waals surface area contributed by atoms with Gasteiger partial charge in [0.15, 0.2) is 0 Å². The molecule has 1 aromatic carbocycles. The smallest absolute Gasteiger partial charge is 0.0884 e. The summed E-state index contributed by atoms with van der Waals surface area (Å²) in [7, 11) is 0. The van der Waals surface area contributed by atoms with E-state index in [4.69, 9.17) is 4.74 Å². The van der Waals surface area contributed by atoms with E-state index in [1.165, 1.54) is 5.56 Å². The van der Waals surface area contributed by atoms with Crippen LogP contribution in [0.1, 0.15) is 17.9 Å². The Morgan fingerprint density at radius 3 is 2.56 bits per heavy atom. The summed E-state index contributed by atoms with van der Waals surface area (Å²) < 4.78 is 5.52. The molecule has 0 radical (unpaired) electrons. The van der Waals surface area contributed by atoms with Crippen molar-refractivity contribution in [2.45, 2.75) is 18.4 Å². The highest BCUT2D eigenvalue weighted by Crippen LogP contribution is 2.39. The number of epoxide rings is 1. The van der Waals surface area contributed by atoms with E-state index in [1.54, 1.807) is 0 Å². The zero-order valence-corrected chi connectivity index (χ0v) is 9.25. The summed E-state index contributed by atoms with van der Waals surface area (Å²) in [5.74, 6) is 1.13. The van der Waals surface area contributed by atoms with Gasteiger partial charge in [0, 0.05) is 5.92 Å². The Morgan fingerprint density at radius 1 is 1.12 bits per heavy atom. The van der Waals surface area contributed by atoms with Crippen LogP contribution in [-0.2, 0) is 4.74 Å². The maximum absolute atomic E-state index is 5.52. The van der Waals surface area contributed by atoms with Gasteiger partial charge in [-0.15, -0.1) is 0 Å². The fourth-order valence-corrected chi connectivity index (χ4v) is 2.54. The Kier molecular flexibility index (Phi) is 2.63. The van der Waals surface area contributed by atoms with Crippen LogP contribution in [0.4, 0.5) is 0 Å². The summed E-state index contributed by atoms with van der Waals surface area (Å²) in [5.41, 5.74) is 1.41. The first-order chi connectivity index (χ1) is 7.95. The molecule has 3 atom stereocenters. The Labute approximate surface area is 96.4 Å². The molecule has 1 heteroatoms. The summed E-state index contributed by atoms with van der Waals surface area (Å²) in [5, 5.41) is 0. The van der Waals surface area contributed by atoms with Gasteiger partial charge in [-0.3, -0.25) is 0 Å². The van der Waals surface area contributed by atoms with Gasteiger partial charge in [-0.2, -0.15) is 0 Å². The van der Waals surface area contributed by atoms with Crippen molar-refractivity contribution in [1.82, 2.24) is 0 Å². The average Bonchev–Trinajstić information content (AvgIpc) is 3.17. The van der Waals surface area contributed by atoms with Crippen molar-refractivity contribution < 1.29 is 4.74 Å². The predicted octanol–water partition coefficient (Wildman–Crippen LogP) is 3.30. The molecular weight excluding hydrogens is 196 g/mol. The van der Waals surface area contributed by atoms with E-state index in [1.807, 2.05) is 0 Å². The van der Waals surface area contributed by atoms with E-state index >= 15 is 0 Å². The second kappa shape index (κ2) is 4.26. The van der Waals surface area contributed by atoms with Crippen LogP contribution in [0.25, 0.3) is 0 Å². The lowest BCUT2D eigenvalue weighted by Gasteiger charge is -2.24. The van der Waals surface area contributed by atoms with Gasteiger partial charge in [-0.25, -0.2) is 0 Å². The van der Waals surface area contributed by atoms with Crippen molar-refractivity contribution in [3.8, 4) is 0 Å². The lowest BCUT2D eigenvalue weighted by Crippen LogP contribution is -2.17. The van der Waals surface area contributed by atoms with Gasteiger partial charge < -0.3 is 4.74 Å². The average molecular weight is 212 g/mol. The Balaban J connectivity index is 1.86. The molecule has 0 aromatic heterocycles. The zero-order chi connectivity index (χ0) is 10.8. The highest BCUT2D eigenvalue weighted by Gasteiger charge is 2.37. The van der Waals surface area contributed by atoms with Gasteiger partial charge in [0.25, 0.3) is 0 Å². The molecule has 3 unspecified atom stereocenters. The normalized spacial score (nSPS) is 29.0. The van der Waals surface area contributed by atoms with E-state index in [0.29, 0.717) is 17.9 Å². The number of allylic oxidation sites excluding steroid dienone is 4. The standard InChI is InChI=1S/C15H16O/c1-3-7-12(8-4-1)15(14-11-16-14)13-9-5-2-6-10-13/h1-9,13-15H,10-11H2. The molecule has 0 amide bonds. The van der Waals surface area contributed by atoms with Crippen LogP contribution in [0.15, 0.2) is 54.6 Å². The van der Waals surface area contributed by atoms with Crippen molar-refractivity contribution in [3.05, 3.63) is 60.2 Å². The molecule has 1 saturated heterocycles. The third-order valence-electron chi connectivity index (χ3n) is 3.42. The lowest BCUT2D eigenvalue weighted by molar-refractivity contribution is 0.337. The van der Waals surface area contributed by atoms with Crippen LogP contribution in [-0.4, -0.2) is 12.7 Å². The van der Waals surface area contributed by atoms with Gasteiger partial charge in [-0.1, -0.05) is 54.6 Å². The first kappa shape index (κ1) is 9.86. The molecule has 0 saturated carbocycles. The van der Waals surface area contributed by atoms with E-state index in [0.717, 1.165) is 13.0 Å². The molecule has 0 bridgehead atoms. The summed E-state index contributed by atoms with van der Waals surface area (Å²) in [6.07, 6.45) is 10.4. The minimum absolute atomic E-state index is 0.434. The maximum Gasteiger partial charge on any atom is 0.0884 e. The first-order valence-electron chi connectivity index (χ1n) is 5.95. The van der Waals surface area contributed by atoms with Crippen molar-refractivity contribution in [2.75, 3.05) is 6.61 Å². The minimum Gasteiger partial charge on any atom is -0.372 e. The summed E-state index contributed by atoms with van der Waals surface area (Å²) in [4.78, 5) is 0. The van der Waals surface area contributed by atoms with Crippen molar-refractivity contribution in [3.63, 3.8) is 0 Å². The molecule has 0 N–H and O–H groups in total. The SMILES string of the molecule is C1=CCC(C(c2ccccc2)C2CO2)C=C1. The summed E-state index contributed by atoms with van der Waals surface area (Å²) in [6.45, 7) is 0.924. The Morgan fingerprint density at radius 2 is 1.94 bits per heavy atom. The van der Waals surface area contributed by atoms with Crippen LogP contribution < -0.4 is 0 Å². The molecule has 0 spiro atoms. The van der Waals surface area contributed by atoms with Gasteiger partial charge in [-0.05, 0) is 17.9 Å². The van der Waals surface area contributed by atoms with Gasteiger partial charge in [0.2, 0.25) is 0 Å². The monoisotopic (exact) mass is 212 g/mol. The van der Waals surface area contributed by atoms with Gasteiger partial charge in [0.1, 0.15) is 0 Å². The molecule has 1 aliphatic heterocycles. The Hall–Kier alpha value is -1.34.